The van der Waals surface area contributed by atoms with E-state index in [1.54, 1.807) is 6.07 Å². The monoisotopic (exact) mass is 355 g/mol. The summed E-state index contributed by atoms with van der Waals surface area (Å²) in [6, 6.07) is 3.61. The van der Waals surface area contributed by atoms with E-state index in [1.165, 1.54) is 0 Å². The molecule has 1 aliphatic carbocycles. The van der Waals surface area contributed by atoms with Crippen LogP contribution in [0.4, 0.5) is 5.82 Å². The number of pyridine rings is 1. The number of hydrogen-bond donors (Lipinski definition) is 2. The minimum Gasteiger partial charge on any atom is -0.378 e. The smallest absolute Gasteiger partial charge is 0.246 e. The highest BCUT2D eigenvalue weighted by Gasteiger charge is 2.62. The van der Waals surface area contributed by atoms with Crippen LogP contribution in [0.5, 0.6) is 0 Å². The molecule has 1 heterocycles. The molecule has 116 valence electrons. The maximum absolute atomic E-state index is 12.5. The van der Waals surface area contributed by atoms with Gasteiger partial charge in [0.15, 0.2) is 0 Å². The van der Waals surface area contributed by atoms with Crippen LogP contribution in [0.3, 0.4) is 0 Å². The van der Waals surface area contributed by atoms with Crippen molar-refractivity contribution < 1.29 is 9.53 Å². The second-order valence-electron chi connectivity index (χ2n) is 6.06. The number of nitrogens with one attached hydrogen (secondary N) is 1. The van der Waals surface area contributed by atoms with Crippen LogP contribution in [0, 0.1) is 12.3 Å². The van der Waals surface area contributed by atoms with E-state index in [2.05, 4.69) is 26.2 Å². The van der Waals surface area contributed by atoms with Gasteiger partial charge in [-0.3, -0.25) is 4.79 Å². The summed E-state index contributed by atoms with van der Waals surface area (Å²) in [5.74, 6) is 0.305. The second-order valence-corrected chi connectivity index (χ2v) is 6.91. The minimum absolute atomic E-state index is 0.0119. The van der Waals surface area contributed by atoms with Gasteiger partial charge in [-0.2, -0.15) is 0 Å². The van der Waals surface area contributed by atoms with Crippen molar-refractivity contribution in [2.45, 2.75) is 45.8 Å². The fraction of sp³-hybridized carbons (Fsp3) is 0.600. The molecule has 0 bridgehead atoms. The largest absolute Gasteiger partial charge is 0.378 e. The van der Waals surface area contributed by atoms with Gasteiger partial charge in [0, 0.05) is 22.9 Å². The van der Waals surface area contributed by atoms with Crippen molar-refractivity contribution in [2.75, 3.05) is 11.9 Å². The number of aryl methyl sites for hydroxylation is 1. The van der Waals surface area contributed by atoms with Gasteiger partial charge in [-0.25, -0.2) is 4.98 Å². The molecular weight excluding hydrogens is 334 g/mol. The molecule has 1 aromatic heterocycles. The first-order valence-electron chi connectivity index (χ1n) is 7.07. The number of anilines is 1. The third-order valence-corrected chi connectivity index (χ3v) is 5.34. The van der Waals surface area contributed by atoms with Crippen LogP contribution in [-0.2, 0) is 9.53 Å². The van der Waals surface area contributed by atoms with Crippen molar-refractivity contribution in [3.63, 3.8) is 0 Å². The van der Waals surface area contributed by atoms with E-state index < -0.39 is 11.0 Å². The molecule has 0 aromatic carbocycles. The van der Waals surface area contributed by atoms with Gasteiger partial charge in [0.1, 0.15) is 11.4 Å². The van der Waals surface area contributed by atoms with Crippen LogP contribution in [-0.4, -0.2) is 29.1 Å². The summed E-state index contributed by atoms with van der Waals surface area (Å²) in [6.07, 6.45) is 0.535. The highest BCUT2D eigenvalue weighted by molar-refractivity contribution is 9.10. The minimum atomic E-state index is -0.935. The van der Waals surface area contributed by atoms with Gasteiger partial charge in [-0.15, -0.1) is 0 Å². The van der Waals surface area contributed by atoms with Gasteiger partial charge in [-0.1, -0.05) is 13.8 Å². The average molecular weight is 356 g/mol. The summed E-state index contributed by atoms with van der Waals surface area (Å²) in [5, 5.41) is 2.82. The van der Waals surface area contributed by atoms with E-state index in [1.807, 2.05) is 33.8 Å². The van der Waals surface area contributed by atoms with Crippen LogP contribution in [0.1, 0.15) is 32.9 Å². The predicted molar refractivity (Wildman–Crippen MR) is 86.0 cm³/mol. The molecule has 2 unspecified atom stereocenters. The normalized spacial score (nSPS) is 27.0. The van der Waals surface area contributed by atoms with Gasteiger partial charge < -0.3 is 15.8 Å². The van der Waals surface area contributed by atoms with Gasteiger partial charge in [0.25, 0.3) is 0 Å². The number of rotatable bonds is 4. The van der Waals surface area contributed by atoms with Crippen LogP contribution < -0.4 is 11.1 Å². The summed E-state index contributed by atoms with van der Waals surface area (Å²) in [7, 11) is 0. The lowest BCUT2D eigenvalue weighted by molar-refractivity contribution is -0.166. The Kier molecular flexibility index (Phi) is 4.42. The van der Waals surface area contributed by atoms with E-state index in [4.69, 9.17) is 10.5 Å². The van der Waals surface area contributed by atoms with Crippen LogP contribution in [0.15, 0.2) is 16.6 Å². The molecule has 2 rings (SSSR count). The maximum Gasteiger partial charge on any atom is 0.246 e. The van der Waals surface area contributed by atoms with Crippen molar-refractivity contribution in [3.8, 4) is 0 Å². The highest BCUT2D eigenvalue weighted by atomic mass is 79.9. The van der Waals surface area contributed by atoms with Gasteiger partial charge in [-0.05, 0) is 41.9 Å². The van der Waals surface area contributed by atoms with Crippen molar-refractivity contribution >= 4 is 27.7 Å². The number of carbonyl (C=O) groups is 1. The van der Waals surface area contributed by atoms with Crippen LogP contribution >= 0.6 is 15.9 Å². The van der Waals surface area contributed by atoms with E-state index in [0.29, 0.717) is 18.8 Å². The van der Waals surface area contributed by atoms with Gasteiger partial charge >= 0.3 is 0 Å². The topological polar surface area (TPSA) is 77.2 Å². The number of nitrogens with two attached hydrogens (primary N) is 1. The molecule has 1 amide bonds. The second kappa shape index (κ2) is 5.66. The number of halogens is 1. The average Bonchev–Trinajstić information content (AvgIpc) is 2.42. The Labute approximate surface area is 133 Å². The summed E-state index contributed by atoms with van der Waals surface area (Å²) < 4.78 is 6.55. The number of aromatic nitrogens is 1. The zero-order valence-electron chi connectivity index (χ0n) is 12.9. The third kappa shape index (κ3) is 2.72. The number of hydrogen-bond acceptors (Lipinski definition) is 4. The third-order valence-electron chi connectivity index (χ3n) is 4.50. The van der Waals surface area contributed by atoms with Crippen LogP contribution in [0.25, 0.3) is 0 Å². The molecule has 1 fully saturated rings. The van der Waals surface area contributed by atoms with Gasteiger partial charge in [0.2, 0.25) is 5.91 Å². The zero-order valence-corrected chi connectivity index (χ0v) is 14.5. The lowest BCUT2D eigenvalue weighted by Crippen LogP contribution is -2.74. The molecule has 0 aliphatic heterocycles. The number of ether oxygens (including phenoxy) is 1. The highest BCUT2D eigenvalue weighted by Crippen LogP contribution is 2.50. The molecule has 21 heavy (non-hydrogen) atoms. The molecular formula is C15H22BrN3O2. The lowest BCUT2D eigenvalue weighted by Gasteiger charge is -2.57. The molecule has 1 aliphatic rings. The lowest BCUT2D eigenvalue weighted by atomic mass is 9.54. The Morgan fingerprint density at radius 3 is 2.76 bits per heavy atom. The van der Waals surface area contributed by atoms with Crippen molar-refractivity contribution in [1.29, 1.82) is 0 Å². The van der Waals surface area contributed by atoms with E-state index in [0.717, 1.165) is 10.2 Å². The summed E-state index contributed by atoms with van der Waals surface area (Å²) in [4.78, 5) is 16.9. The molecule has 0 spiro atoms. The Bertz CT molecular complexity index is 562. The zero-order chi connectivity index (χ0) is 15.8. The Morgan fingerprint density at radius 1 is 1.57 bits per heavy atom. The fourth-order valence-corrected chi connectivity index (χ4v) is 2.88. The fourth-order valence-electron chi connectivity index (χ4n) is 2.66. The molecule has 0 radical (unpaired) electrons. The quantitative estimate of drug-likeness (QED) is 0.870. The first kappa shape index (κ1) is 16.4. The molecule has 1 saturated carbocycles. The first-order valence-corrected chi connectivity index (χ1v) is 7.86. The SMILES string of the molecule is CCOC1CC(N)(C(=O)Nc2ccc(Br)c(C)n2)C1(C)C. The molecule has 2 atom stereocenters. The van der Waals surface area contributed by atoms with E-state index >= 15 is 0 Å². The van der Waals surface area contributed by atoms with Crippen LogP contribution in [0.2, 0.25) is 0 Å². The summed E-state index contributed by atoms with van der Waals surface area (Å²) in [5.41, 5.74) is 5.81. The summed E-state index contributed by atoms with van der Waals surface area (Å²) >= 11 is 3.39. The Balaban J connectivity index is 2.12. The maximum atomic E-state index is 12.5. The molecule has 6 heteroatoms. The van der Waals surface area contributed by atoms with Crippen molar-refractivity contribution in [1.82, 2.24) is 4.98 Å². The Morgan fingerprint density at radius 2 is 2.24 bits per heavy atom. The first-order chi connectivity index (χ1) is 9.72. The van der Waals surface area contributed by atoms with Gasteiger partial charge in [0.05, 0.1) is 11.8 Å². The Hall–Kier alpha value is -0.980. The van der Waals surface area contributed by atoms with Crippen molar-refractivity contribution in [2.24, 2.45) is 11.1 Å². The van der Waals surface area contributed by atoms with Crippen molar-refractivity contribution in [3.05, 3.63) is 22.3 Å². The number of amides is 1. The molecule has 0 saturated heterocycles. The number of carbonyl (C=O) groups excluding carboxylic acids is 1. The number of nitrogens with zero attached hydrogens (tertiary/aromatic N) is 1. The molecule has 3 N–H and O–H groups in total. The van der Waals surface area contributed by atoms with E-state index in [-0.39, 0.29) is 12.0 Å². The molecule has 1 aromatic rings. The van der Waals surface area contributed by atoms with E-state index in [9.17, 15) is 4.79 Å². The summed E-state index contributed by atoms with van der Waals surface area (Å²) in [6.45, 7) is 8.38. The predicted octanol–water partition coefficient (Wildman–Crippen LogP) is 2.62. The molecule has 5 nitrogen and oxygen atoms in total. The standard InChI is InChI=1S/C15H22BrN3O2/c1-5-21-11-8-15(17,14(11,3)4)13(20)19-12-7-6-10(16)9(2)18-12/h6-7,11H,5,8,17H2,1-4H3,(H,18,19,20).